The zero-order valence-corrected chi connectivity index (χ0v) is 17.1. The average Bonchev–Trinajstić information content (AvgIpc) is 2.93. The van der Waals surface area contributed by atoms with E-state index < -0.39 is 5.97 Å². The van der Waals surface area contributed by atoms with Gasteiger partial charge in [-0.2, -0.15) is 0 Å². The molecule has 1 aliphatic heterocycles. The van der Waals surface area contributed by atoms with Crippen LogP contribution in [0, 0.1) is 0 Å². The van der Waals surface area contributed by atoms with E-state index in [1.165, 1.54) is 11.8 Å². The topological polar surface area (TPSA) is 95.9 Å². The molecule has 1 fully saturated rings. The molecule has 150 valence electrons. The first-order valence-electron chi connectivity index (χ1n) is 8.78. The highest BCUT2D eigenvalue weighted by Crippen LogP contribution is 2.33. The average molecular weight is 423 g/mol. The van der Waals surface area contributed by atoms with E-state index in [0.29, 0.717) is 28.6 Å². The minimum absolute atomic E-state index is 0.106. The molecule has 0 spiro atoms. The number of carbonyl (C=O) groups excluding carboxylic acids is 2. The van der Waals surface area contributed by atoms with E-state index in [-0.39, 0.29) is 24.8 Å². The highest BCUT2D eigenvalue weighted by molar-refractivity contribution is 8.26. The lowest BCUT2D eigenvalue weighted by molar-refractivity contribution is -0.137. The predicted molar refractivity (Wildman–Crippen MR) is 112 cm³/mol. The summed E-state index contributed by atoms with van der Waals surface area (Å²) in [6.07, 6.45) is 4.17. The number of aliphatic carboxylic acids is 1. The molecule has 0 saturated carbocycles. The summed E-state index contributed by atoms with van der Waals surface area (Å²) in [4.78, 5) is 36.6. The third kappa shape index (κ3) is 6.65. The van der Waals surface area contributed by atoms with E-state index in [4.69, 9.17) is 22.1 Å². The first kappa shape index (κ1) is 21.9. The number of hydrogen-bond donors (Lipinski definition) is 2. The molecule has 0 radical (unpaired) electrons. The minimum Gasteiger partial charge on any atom is -0.497 e. The van der Waals surface area contributed by atoms with E-state index in [9.17, 15) is 14.4 Å². The summed E-state index contributed by atoms with van der Waals surface area (Å²) >= 11 is 6.60. The van der Waals surface area contributed by atoms with Crippen molar-refractivity contribution in [1.82, 2.24) is 10.2 Å². The lowest BCUT2D eigenvalue weighted by Gasteiger charge is -2.14. The smallest absolute Gasteiger partial charge is 0.322 e. The van der Waals surface area contributed by atoms with Gasteiger partial charge in [0.15, 0.2) is 0 Å². The Morgan fingerprint density at radius 1 is 1.25 bits per heavy atom. The van der Waals surface area contributed by atoms with Crippen molar-refractivity contribution in [2.75, 3.05) is 20.2 Å². The molecule has 28 heavy (non-hydrogen) atoms. The number of hydrogen-bond acceptors (Lipinski definition) is 6. The van der Waals surface area contributed by atoms with Crippen molar-refractivity contribution in [3.8, 4) is 5.75 Å². The van der Waals surface area contributed by atoms with Gasteiger partial charge in [-0.15, -0.1) is 0 Å². The van der Waals surface area contributed by atoms with Gasteiger partial charge in [0.05, 0.1) is 12.0 Å². The molecule has 9 heteroatoms. The largest absolute Gasteiger partial charge is 0.497 e. The number of thioether (sulfide) groups is 1. The van der Waals surface area contributed by atoms with Gasteiger partial charge in [-0.05, 0) is 36.6 Å². The van der Waals surface area contributed by atoms with Crippen LogP contribution in [-0.2, 0) is 14.4 Å². The standard InChI is InChI=1S/C19H22N2O5S2/c1-26-14-8-6-13(7-9-14)11-15-18(25)21(19(27)28-15)10-4-2-3-5-16(22)20-12-17(23)24/h6-9,11H,2-5,10,12H2,1H3,(H,20,22)(H,23,24)/b15-11-. The summed E-state index contributed by atoms with van der Waals surface area (Å²) in [7, 11) is 1.60. The second-order valence-corrected chi connectivity index (χ2v) is 7.76. The van der Waals surface area contributed by atoms with Crippen molar-refractivity contribution in [3.63, 3.8) is 0 Å². The fourth-order valence-electron chi connectivity index (χ4n) is 2.54. The normalized spacial score (nSPS) is 15.2. The third-order valence-corrected chi connectivity index (χ3v) is 5.39. The van der Waals surface area contributed by atoms with Crippen molar-refractivity contribution in [1.29, 1.82) is 0 Å². The molecule has 7 nitrogen and oxygen atoms in total. The maximum Gasteiger partial charge on any atom is 0.322 e. The van der Waals surface area contributed by atoms with E-state index in [2.05, 4.69) is 5.32 Å². The van der Waals surface area contributed by atoms with Crippen LogP contribution >= 0.6 is 24.0 Å². The van der Waals surface area contributed by atoms with E-state index in [1.54, 1.807) is 12.0 Å². The monoisotopic (exact) mass is 422 g/mol. The van der Waals surface area contributed by atoms with Crippen LogP contribution in [0.1, 0.15) is 31.2 Å². The van der Waals surface area contributed by atoms with E-state index >= 15 is 0 Å². The number of carboxylic acid groups (broad SMARTS) is 1. The molecule has 2 N–H and O–H groups in total. The van der Waals surface area contributed by atoms with Gasteiger partial charge in [0.25, 0.3) is 5.91 Å². The summed E-state index contributed by atoms with van der Waals surface area (Å²) < 4.78 is 5.66. The number of rotatable bonds is 10. The maximum atomic E-state index is 12.6. The molecular formula is C19H22N2O5S2. The molecule has 0 aromatic heterocycles. The molecule has 1 aromatic rings. The summed E-state index contributed by atoms with van der Waals surface area (Å²) in [6.45, 7) is 0.136. The SMILES string of the molecule is COc1ccc(/C=C2\SC(=S)N(CCCCCC(=O)NCC(=O)O)C2=O)cc1. The summed E-state index contributed by atoms with van der Waals surface area (Å²) in [5, 5.41) is 10.8. The number of carbonyl (C=O) groups is 3. The van der Waals surface area contributed by atoms with Crippen molar-refractivity contribution < 1.29 is 24.2 Å². The Morgan fingerprint density at radius 2 is 1.96 bits per heavy atom. The van der Waals surface area contributed by atoms with Crippen LogP contribution in [0.4, 0.5) is 0 Å². The molecule has 2 rings (SSSR count). The number of nitrogens with one attached hydrogen (secondary N) is 1. The maximum absolute atomic E-state index is 12.6. The highest BCUT2D eigenvalue weighted by Gasteiger charge is 2.31. The van der Waals surface area contributed by atoms with Crippen LogP contribution < -0.4 is 10.1 Å². The number of nitrogens with zero attached hydrogens (tertiary/aromatic N) is 1. The molecule has 1 heterocycles. The number of amides is 2. The molecule has 0 unspecified atom stereocenters. The number of thiocarbonyl (C=S) groups is 1. The Labute approximate surface area is 173 Å². The molecule has 2 amide bonds. The van der Waals surface area contributed by atoms with E-state index in [1.807, 2.05) is 30.3 Å². The molecular weight excluding hydrogens is 400 g/mol. The van der Waals surface area contributed by atoms with Gasteiger partial charge in [-0.25, -0.2) is 0 Å². The first-order chi connectivity index (χ1) is 13.4. The van der Waals surface area contributed by atoms with Gasteiger partial charge in [-0.3, -0.25) is 19.3 Å². The fourth-order valence-corrected chi connectivity index (χ4v) is 3.85. The Balaban J connectivity index is 1.77. The number of carboxylic acids is 1. The first-order valence-corrected chi connectivity index (χ1v) is 10.0. The highest BCUT2D eigenvalue weighted by atomic mass is 32.2. The third-order valence-electron chi connectivity index (χ3n) is 4.01. The molecule has 0 aliphatic carbocycles. The van der Waals surface area contributed by atoms with Crippen molar-refractivity contribution >= 4 is 52.2 Å². The Bertz CT molecular complexity index is 777. The lowest BCUT2D eigenvalue weighted by Crippen LogP contribution is -2.29. The van der Waals surface area contributed by atoms with Crippen LogP contribution in [0.25, 0.3) is 6.08 Å². The number of benzene rings is 1. The fraction of sp³-hybridized carbons (Fsp3) is 0.368. The van der Waals surface area contributed by atoms with Crippen molar-refractivity contribution in [3.05, 3.63) is 34.7 Å². The minimum atomic E-state index is -1.06. The molecule has 1 aliphatic rings. The lowest BCUT2D eigenvalue weighted by atomic mass is 10.1. The summed E-state index contributed by atoms with van der Waals surface area (Å²) in [5.41, 5.74) is 0.897. The van der Waals surface area contributed by atoms with Gasteiger partial charge < -0.3 is 15.2 Å². The van der Waals surface area contributed by atoms with Gasteiger partial charge in [0, 0.05) is 13.0 Å². The molecule has 0 atom stereocenters. The summed E-state index contributed by atoms with van der Waals surface area (Å²) in [6, 6.07) is 7.42. The second-order valence-electron chi connectivity index (χ2n) is 6.09. The number of ether oxygens (including phenoxy) is 1. The number of unbranched alkanes of at least 4 members (excludes halogenated alkanes) is 2. The van der Waals surface area contributed by atoms with E-state index in [0.717, 1.165) is 17.7 Å². The molecule has 0 bridgehead atoms. The molecule has 1 aromatic carbocycles. The Kier molecular flexibility index (Phi) is 8.46. The summed E-state index contributed by atoms with van der Waals surface area (Å²) in [5.74, 6) is -0.702. The van der Waals surface area contributed by atoms with Crippen molar-refractivity contribution in [2.45, 2.75) is 25.7 Å². The van der Waals surface area contributed by atoms with Crippen LogP contribution in [0.5, 0.6) is 5.75 Å². The van der Waals surface area contributed by atoms with Gasteiger partial charge in [0.2, 0.25) is 5.91 Å². The number of methoxy groups -OCH3 is 1. The van der Waals surface area contributed by atoms with Gasteiger partial charge >= 0.3 is 5.97 Å². The second kappa shape index (κ2) is 10.8. The molecule has 1 saturated heterocycles. The Hall–Kier alpha value is -2.39. The quantitative estimate of drug-likeness (QED) is 0.340. The predicted octanol–water partition coefficient (Wildman–Crippen LogP) is 2.66. The van der Waals surface area contributed by atoms with Crippen LogP contribution in [0.2, 0.25) is 0 Å². The van der Waals surface area contributed by atoms with Crippen LogP contribution in [0.15, 0.2) is 29.2 Å². The van der Waals surface area contributed by atoms with Gasteiger partial charge in [0.1, 0.15) is 16.6 Å². The van der Waals surface area contributed by atoms with Crippen LogP contribution in [-0.4, -0.2) is 52.3 Å². The van der Waals surface area contributed by atoms with Gasteiger partial charge in [-0.1, -0.05) is 42.5 Å². The Morgan fingerprint density at radius 3 is 2.61 bits per heavy atom. The van der Waals surface area contributed by atoms with Crippen LogP contribution in [0.3, 0.4) is 0 Å². The zero-order valence-electron chi connectivity index (χ0n) is 15.5. The van der Waals surface area contributed by atoms with Crippen molar-refractivity contribution in [2.24, 2.45) is 0 Å². The zero-order chi connectivity index (χ0) is 20.5.